The number of unbranched alkanes of at least 4 members (excludes halogenated alkanes) is 1. The molecule has 0 atom stereocenters. The molecule has 0 spiro atoms. The summed E-state index contributed by atoms with van der Waals surface area (Å²) in [5.74, 6) is 0.911. The lowest BCUT2D eigenvalue weighted by Crippen LogP contribution is -2.29. The van der Waals surface area contributed by atoms with Crippen LogP contribution in [-0.4, -0.2) is 54.1 Å². The first-order valence-electron chi connectivity index (χ1n) is 9.79. The fourth-order valence-electron chi connectivity index (χ4n) is 2.94. The Bertz CT molecular complexity index is 798. The fraction of sp³-hybridized carbons (Fsp3) is 0.476. The molecule has 1 amide bonds. The molecule has 0 fully saturated rings. The average Bonchev–Trinajstić information content (AvgIpc) is 2.70. The number of nitrogens with one attached hydrogen (secondary N) is 2. The van der Waals surface area contributed by atoms with Crippen LogP contribution in [0.2, 0.25) is 0 Å². The van der Waals surface area contributed by atoms with Crippen molar-refractivity contribution in [3.63, 3.8) is 0 Å². The minimum Gasteiger partial charge on any atom is -0.497 e. The first-order chi connectivity index (χ1) is 13.5. The normalized spacial score (nSPS) is 10.9. The number of ether oxygens (including phenoxy) is 1. The molecule has 0 radical (unpaired) electrons. The zero-order chi connectivity index (χ0) is 20.4. The van der Waals surface area contributed by atoms with E-state index in [1.165, 1.54) is 6.07 Å². The molecule has 2 N–H and O–H groups in total. The number of H-pyrrole nitrogens is 1. The van der Waals surface area contributed by atoms with Crippen molar-refractivity contribution in [2.75, 3.05) is 33.3 Å². The Morgan fingerprint density at radius 3 is 2.54 bits per heavy atom. The third-order valence-corrected chi connectivity index (χ3v) is 4.64. The minimum atomic E-state index is -0.329. The number of carbonyl (C=O) groups is 1. The molecule has 0 aliphatic carbocycles. The zero-order valence-corrected chi connectivity index (χ0v) is 17.0. The highest BCUT2D eigenvalue weighted by Gasteiger charge is 2.10. The molecule has 0 bridgehead atoms. The second-order valence-electron chi connectivity index (χ2n) is 6.59. The topological polar surface area (TPSA) is 87.3 Å². The Morgan fingerprint density at radius 2 is 1.89 bits per heavy atom. The standard InChI is InChI=1S/C21H30N4O3/c1-4-25(5-2)13-7-6-12-22-21(27)18-15-20(26)24-19(23-18)14-16-8-10-17(28-3)11-9-16/h8-11,15H,4-7,12-14H2,1-3H3,(H,22,27)(H,23,24,26). The molecule has 7 heteroatoms. The molecule has 0 aliphatic heterocycles. The van der Waals surface area contributed by atoms with Crippen LogP contribution in [0, 0.1) is 0 Å². The third-order valence-electron chi connectivity index (χ3n) is 4.64. The fourth-order valence-corrected chi connectivity index (χ4v) is 2.94. The monoisotopic (exact) mass is 386 g/mol. The van der Waals surface area contributed by atoms with E-state index in [9.17, 15) is 9.59 Å². The predicted octanol–water partition coefficient (Wildman–Crippen LogP) is 2.22. The van der Waals surface area contributed by atoms with E-state index >= 15 is 0 Å². The smallest absolute Gasteiger partial charge is 0.270 e. The summed E-state index contributed by atoms with van der Waals surface area (Å²) in [4.78, 5) is 33.6. The van der Waals surface area contributed by atoms with E-state index < -0.39 is 0 Å². The Balaban J connectivity index is 1.90. The van der Waals surface area contributed by atoms with Gasteiger partial charge in [0, 0.05) is 19.0 Å². The van der Waals surface area contributed by atoms with Gasteiger partial charge in [-0.3, -0.25) is 9.59 Å². The lowest BCUT2D eigenvalue weighted by molar-refractivity contribution is 0.0947. The number of nitrogens with zero attached hydrogens (tertiary/aromatic N) is 2. The van der Waals surface area contributed by atoms with E-state index in [0.717, 1.165) is 43.8 Å². The second-order valence-corrected chi connectivity index (χ2v) is 6.59. The van der Waals surface area contributed by atoms with Crippen LogP contribution in [0.25, 0.3) is 0 Å². The molecule has 28 heavy (non-hydrogen) atoms. The summed E-state index contributed by atoms with van der Waals surface area (Å²) in [5, 5.41) is 2.85. The van der Waals surface area contributed by atoms with Crippen molar-refractivity contribution in [2.24, 2.45) is 0 Å². The molecule has 152 valence electrons. The summed E-state index contributed by atoms with van der Waals surface area (Å²) >= 11 is 0. The molecular formula is C21H30N4O3. The van der Waals surface area contributed by atoms with Crippen molar-refractivity contribution in [2.45, 2.75) is 33.1 Å². The molecule has 0 aliphatic rings. The van der Waals surface area contributed by atoms with Crippen molar-refractivity contribution in [3.05, 3.63) is 57.8 Å². The molecule has 0 saturated heterocycles. The van der Waals surface area contributed by atoms with Gasteiger partial charge in [-0.1, -0.05) is 26.0 Å². The van der Waals surface area contributed by atoms with Crippen LogP contribution in [0.5, 0.6) is 5.75 Å². The van der Waals surface area contributed by atoms with Gasteiger partial charge in [0.2, 0.25) is 0 Å². The highest BCUT2D eigenvalue weighted by atomic mass is 16.5. The summed E-state index contributed by atoms with van der Waals surface area (Å²) in [6.45, 7) is 7.97. The largest absolute Gasteiger partial charge is 0.497 e. The highest BCUT2D eigenvalue weighted by molar-refractivity contribution is 5.92. The van der Waals surface area contributed by atoms with Crippen LogP contribution in [-0.2, 0) is 6.42 Å². The summed E-state index contributed by atoms with van der Waals surface area (Å²) in [7, 11) is 1.61. The molecule has 7 nitrogen and oxygen atoms in total. The van der Waals surface area contributed by atoms with Gasteiger partial charge in [0.05, 0.1) is 7.11 Å². The van der Waals surface area contributed by atoms with Gasteiger partial charge >= 0.3 is 0 Å². The molecule has 2 rings (SSSR count). The average molecular weight is 386 g/mol. The molecular weight excluding hydrogens is 356 g/mol. The summed E-state index contributed by atoms with van der Waals surface area (Å²) in [5.41, 5.74) is 0.791. The second kappa shape index (κ2) is 11.2. The van der Waals surface area contributed by atoms with Crippen LogP contribution >= 0.6 is 0 Å². The van der Waals surface area contributed by atoms with Crippen LogP contribution in [0.4, 0.5) is 0 Å². The van der Waals surface area contributed by atoms with Crippen molar-refractivity contribution in [1.29, 1.82) is 0 Å². The highest BCUT2D eigenvalue weighted by Crippen LogP contribution is 2.13. The first kappa shape index (κ1) is 21.6. The maximum atomic E-state index is 12.3. The van der Waals surface area contributed by atoms with Gasteiger partial charge in [-0.05, 0) is 50.2 Å². The number of amides is 1. The van der Waals surface area contributed by atoms with Gasteiger partial charge in [-0.15, -0.1) is 0 Å². The lowest BCUT2D eigenvalue weighted by atomic mass is 10.1. The Kier molecular flexibility index (Phi) is 8.68. The number of aromatic amines is 1. The molecule has 0 saturated carbocycles. The Hall–Kier alpha value is -2.67. The number of aromatic nitrogens is 2. The van der Waals surface area contributed by atoms with Crippen molar-refractivity contribution in [1.82, 2.24) is 20.2 Å². The number of rotatable bonds is 11. The molecule has 1 heterocycles. The molecule has 0 unspecified atom stereocenters. The van der Waals surface area contributed by atoms with E-state index in [2.05, 4.69) is 34.0 Å². The predicted molar refractivity (Wildman–Crippen MR) is 110 cm³/mol. The first-order valence-corrected chi connectivity index (χ1v) is 9.79. The molecule has 1 aromatic carbocycles. The number of hydrogen-bond acceptors (Lipinski definition) is 5. The number of benzene rings is 1. The van der Waals surface area contributed by atoms with Gasteiger partial charge < -0.3 is 19.9 Å². The van der Waals surface area contributed by atoms with Gasteiger partial charge in [0.1, 0.15) is 17.3 Å². The summed E-state index contributed by atoms with van der Waals surface area (Å²) < 4.78 is 5.14. The Morgan fingerprint density at radius 1 is 1.18 bits per heavy atom. The van der Waals surface area contributed by atoms with Crippen LogP contribution < -0.4 is 15.6 Å². The van der Waals surface area contributed by atoms with Crippen molar-refractivity contribution >= 4 is 5.91 Å². The van der Waals surface area contributed by atoms with Gasteiger partial charge in [-0.25, -0.2) is 4.98 Å². The quantitative estimate of drug-likeness (QED) is 0.578. The Labute approximate surface area is 166 Å². The molecule has 1 aromatic heterocycles. The van der Waals surface area contributed by atoms with Crippen molar-refractivity contribution in [3.8, 4) is 5.75 Å². The lowest BCUT2D eigenvalue weighted by Gasteiger charge is -2.17. The van der Waals surface area contributed by atoms with E-state index in [1.54, 1.807) is 7.11 Å². The van der Waals surface area contributed by atoms with E-state index in [0.29, 0.717) is 18.8 Å². The number of methoxy groups -OCH3 is 1. The van der Waals surface area contributed by atoms with E-state index in [-0.39, 0.29) is 17.2 Å². The maximum absolute atomic E-state index is 12.3. The zero-order valence-electron chi connectivity index (χ0n) is 17.0. The van der Waals surface area contributed by atoms with Crippen LogP contribution in [0.3, 0.4) is 0 Å². The summed E-state index contributed by atoms with van der Waals surface area (Å²) in [6, 6.07) is 8.75. The summed E-state index contributed by atoms with van der Waals surface area (Å²) in [6.07, 6.45) is 2.35. The van der Waals surface area contributed by atoms with Crippen LogP contribution in [0.15, 0.2) is 35.1 Å². The number of carbonyl (C=O) groups excluding carboxylic acids is 1. The van der Waals surface area contributed by atoms with E-state index in [1.807, 2.05) is 24.3 Å². The SMILES string of the molecule is CCN(CC)CCCCNC(=O)c1cc(=O)[nH]c(Cc2ccc(OC)cc2)n1. The minimum absolute atomic E-state index is 0.149. The third kappa shape index (κ3) is 6.81. The maximum Gasteiger partial charge on any atom is 0.270 e. The van der Waals surface area contributed by atoms with Gasteiger partial charge in [0.25, 0.3) is 11.5 Å². The van der Waals surface area contributed by atoms with Gasteiger partial charge in [0.15, 0.2) is 0 Å². The van der Waals surface area contributed by atoms with Crippen molar-refractivity contribution < 1.29 is 9.53 Å². The van der Waals surface area contributed by atoms with E-state index in [4.69, 9.17) is 4.74 Å². The van der Waals surface area contributed by atoms with Gasteiger partial charge in [-0.2, -0.15) is 0 Å². The molecule has 2 aromatic rings. The van der Waals surface area contributed by atoms with Crippen LogP contribution in [0.1, 0.15) is 48.6 Å². The number of hydrogen-bond donors (Lipinski definition) is 2.